The molecule has 0 saturated heterocycles. The van der Waals surface area contributed by atoms with Crippen LogP contribution in [0.1, 0.15) is 49.8 Å². The largest absolute Gasteiger partial charge is 0.481 e. The van der Waals surface area contributed by atoms with Crippen LogP contribution in [0.4, 0.5) is 0 Å². The molecular formula is C14H19NO3S. The molecule has 19 heavy (non-hydrogen) atoms. The number of rotatable bonds is 5. The van der Waals surface area contributed by atoms with Crippen LogP contribution in [-0.2, 0) is 9.59 Å². The fraction of sp³-hybridized carbons (Fsp3) is 0.571. The third-order valence-corrected chi connectivity index (χ3v) is 4.86. The fourth-order valence-corrected chi connectivity index (χ4v) is 3.51. The van der Waals surface area contributed by atoms with Gasteiger partial charge < -0.3 is 10.4 Å². The Morgan fingerprint density at radius 1 is 1.47 bits per heavy atom. The topological polar surface area (TPSA) is 66.4 Å². The van der Waals surface area contributed by atoms with Crippen LogP contribution in [0.5, 0.6) is 0 Å². The van der Waals surface area contributed by atoms with Crippen molar-refractivity contribution in [2.24, 2.45) is 0 Å². The third kappa shape index (κ3) is 3.35. The Morgan fingerprint density at radius 3 is 2.68 bits per heavy atom. The molecule has 0 aromatic carbocycles. The van der Waals surface area contributed by atoms with E-state index in [0.29, 0.717) is 0 Å². The number of hydrogen-bond acceptors (Lipinski definition) is 3. The second-order valence-corrected chi connectivity index (χ2v) is 6.26. The molecule has 1 aromatic heterocycles. The molecule has 2 rings (SSSR count). The van der Waals surface area contributed by atoms with Gasteiger partial charge in [-0.15, -0.1) is 11.3 Å². The second-order valence-electron chi connectivity index (χ2n) is 5.28. The van der Waals surface area contributed by atoms with E-state index >= 15 is 0 Å². The molecule has 1 amide bonds. The number of carbonyl (C=O) groups excluding carboxylic acids is 1. The van der Waals surface area contributed by atoms with Gasteiger partial charge in [-0.05, 0) is 31.2 Å². The van der Waals surface area contributed by atoms with Crippen molar-refractivity contribution in [3.63, 3.8) is 0 Å². The third-order valence-electron chi connectivity index (χ3n) is 3.80. The lowest BCUT2D eigenvalue weighted by atomic mass is 9.92. The van der Waals surface area contributed by atoms with E-state index in [1.54, 1.807) is 11.3 Å². The van der Waals surface area contributed by atoms with E-state index in [1.807, 2.05) is 24.4 Å². The summed E-state index contributed by atoms with van der Waals surface area (Å²) in [7, 11) is 0. The number of nitrogens with one attached hydrogen (secondary N) is 1. The van der Waals surface area contributed by atoms with Crippen LogP contribution < -0.4 is 5.32 Å². The van der Waals surface area contributed by atoms with Gasteiger partial charge in [-0.1, -0.05) is 18.9 Å². The highest BCUT2D eigenvalue weighted by molar-refractivity contribution is 7.10. The zero-order valence-corrected chi connectivity index (χ0v) is 11.8. The Bertz CT molecular complexity index is 449. The summed E-state index contributed by atoms with van der Waals surface area (Å²) in [6.07, 6.45) is 3.53. The average Bonchev–Trinajstić information content (AvgIpc) is 2.98. The second kappa shape index (κ2) is 5.74. The van der Waals surface area contributed by atoms with Crippen molar-refractivity contribution in [2.45, 2.75) is 50.5 Å². The number of carbonyl (C=O) groups is 2. The van der Waals surface area contributed by atoms with Crippen LogP contribution >= 0.6 is 11.3 Å². The molecule has 0 radical (unpaired) electrons. The Labute approximate surface area is 116 Å². The van der Waals surface area contributed by atoms with E-state index < -0.39 is 11.5 Å². The van der Waals surface area contributed by atoms with Crippen molar-refractivity contribution in [1.82, 2.24) is 5.32 Å². The summed E-state index contributed by atoms with van der Waals surface area (Å²) >= 11 is 1.55. The van der Waals surface area contributed by atoms with Gasteiger partial charge in [0.15, 0.2) is 0 Å². The molecule has 1 atom stereocenters. The van der Waals surface area contributed by atoms with Crippen LogP contribution in [0, 0.1) is 0 Å². The normalized spacial score (nSPS) is 19.0. The SMILES string of the molecule is CC(C(=O)NC1(CC(=O)O)CCCC1)c1cccs1. The van der Waals surface area contributed by atoms with Gasteiger partial charge in [-0.3, -0.25) is 9.59 Å². The lowest BCUT2D eigenvalue weighted by Gasteiger charge is -2.30. The highest BCUT2D eigenvalue weighted by atomic mass is 32.1. The monoisotopic (exact) mass is 281 g/mol. The average molecular weight is 281 g/mol. The summed E-state index contributed by atoms with van der Waals surface area (Å²) in [6, 6.07) is 3.86. The standard InChI is InChI=1S/C14H19NO3S/c1-10(11-5-4-8-19-11)13(18)15-14(9-12(16)17)6-2-3-7-14/h4-5,8,10H,2-3,6-7,9H2,1H3,(H,15,18)(H,16,17). The first-order chi connectivity index (χ1) is 9.02. The minimum atomic E-state index is -0.842. The fourth-order valence-electron chi connectivity index (χ4n) is 2.72. The summed E-state index contributed by atoms with van der Waals surface area (Å²) in [6.45, 7) is 1.87. The molecule has 4 nitrogen and oxygen atoms in total. The molecular weight excluding hydrogens is 262 g/mol. The maximum atomic E-state index is 12.3. The molecule has 1 aromatic rings. The van der Waals surface area contributed by atoms with E-state index in [2.05, 4.69) is 5.32 Å². The number of carboxylic acid groups (broad SMARTS) is 1. The zero-order valence-electron chi connectivity index (χ0n) is 11.0. The van der Waals surface area contributed by atoms with E-state index in [1.165, 1.54) is 0 Å². The predicted octanol–water partition coefficient (Wildman–Crippen LogP) is 2.76. The smallest absolute Gasteiger partial charge is 0.305 e. The summed E-state index contributed by atoms with van der Waals surface area (Å²) in [5.41, 5.74) is -0.533. The molecule has 0 spiro atoms. The van der Waals surface area contributed by atoms with Crippen molar-refractivity contribution in [1.29, 1.82) is 0 Å². The number of aliphatic carboxylic acids is 1. The highest BCUT2D eigenvalue weighted by Gasteiger charge is 2.38. The van der Waals surface area contributed by atoms with Crippen LogP contribution in [-0.4, -0.2) is 22.5 Å². The zero-order chi connectivity index (χ0) is 13.9. The van der Waals surface area contributed by atoms with E-state index in [4.69, 9.17) is 5.11 Å². The molecule has 2 N–H and O–H groups in total. The van der Waals surface area contributed by atoms with Crippen LogP contribution in [0.3, 0.4) is 0 Å². The van der Waals surface area contributed by atoms with Crippen molar-refractivity contribution in [3.05, 3.63) is 22.4 Å². The van der Waals surface area contributed by atoms with Gasteiger partial charge in [-0.2, -0.15) is 0 Å². The molecule has 5 heteroatoms. The number of amides is 1. The van der Waals surface area contributed by atoms with Gasteiger partial charge in [0.1, 0.15) is 0 Å². The van der Waals surface area contributed by atoms with Gasteiger partial charge in [-0.25, -0.2) is 0 Å². The Hall–Kier alpha value is -1.36. The van der Waals surface area contributed by atoms with Crippen molar-refractivity contribution < 1.29 is 14.7 Å². The summed E-state index contributed by atoms with van der Waals surface area (Å²) in [4.78, 5) is 24.3. The minimum absolute atomic E-state index is 0.0237. The maximum absolute atomic E-state index is 12.3. The number of thiophene rings is 1. The maximum Gasteiger partial charge on any atom is 0.305 e. The van der Waals surface area contributed by atoms with Gasteiger partial charge in [0.25, 0.3) is 0 Å². The molecule has 1 heterocycles. The van der Waals surface area contributed by atoms with Crippen molar-refractivity contribution >= 4 is 23.2 Å². The Balaban J connectivity index is 2.05. The molecule has 1 fully saturated rings. The van der Waals surface area contributed by atoms with Crippen LogP contribution in [0.15, 0.2) is 17.5 Å². The molecule has 1 unspecified atom stereocenters. The first kappa shape index (κ1) is 14.1. The summed E-state index contributed by atoms with van der Waals surface area (Å²) in [5, 5.41) is 14.0. The predicted molar refractivity (Wildman–Crippen MR) is 74.3 cm³/mol. The highest BCUT2D eigenvalue weighted by Crippen LogP contribution is 2.33. The quantitative estimate of drug-likeness (QED) is 0.872. The number of carboxylic acids is 1. The van der Waals surface area contributed by atoms with Gasteiger partial charge in [0.2, 0.25) is 5.91 Å². The number of hydrogen-bond donors (Lipinski definition) is 2. The Kier molecular flexibility index (Phi) is 4.24. The van der Waals surface area contributed by atoms with Gasteiger partial charge in [0, 0.05) is 4.88 Å². The molecule has 0 bridgehead atoms. The van der Waals surface area contributed by atoms with Gasteiger partial charge >= 0.3 is 5.97 Å². The molecule has 1 aliphatic rings. The van der Waals surface area contributed by atoms with Crippen LogP contribution in [0.25, 0.3) is 0 Å². The lowest BCUT2D eigenvalue weighted by Crippen LogP contribution is -2.49. The summed E-state index contributed by atoms with van der Waals surface area (Å²) < 4.78 is 0. The molecule has 1 saturated carbocycles. The first-order valence-corrected chi connectivity index (χ1v) is 7.48. The van der Waals surface area contributed by atoms with E-state index in [0.717, 1.165) is 30.6 Å². The molecule has 1 aliphatic carbocycles. The van der Waals surface area contributed by atoms with Crippen molar-refractivity contribution in [2.75, 3.05) is 0 Å². The lowest BCUT2D eigenvalue weighted by molar-refractivity contribution is -0.139. The summed E-state index contributed by atoms with van der Waals surface area (Å²) in [5.74, 6) is -1.12. The molecule has 104 valence electrons. The van der Waals surface area contributed by atoms with Gasteiger partial charge in [0.05, 0.1) is 17.9 Å². The van der Waals surface area contributed by atoms with E-state index in [9.17, 15) is 9.59 Å². The first-order valence-electron chi connectivity index (χ1n) is 6.60. The van der Waals surface area contributed by atoms with E-state index in [-0.39, 0.29) is 18.2 Å². The van der Waals surface area contributed by atoms with Crippen molar-refractivity contribution in [3.8, 4) is 0 Å². The minimum Gasteiger partial charge on any atom is -0.481 e. The molecule has 0 aliphatic heterocycles. The van der Waals surface area contributed by atoms with Crippen LogP contribution in [0.2, 0.25) is 0 Å². The Morgan fingerprint density at radius 2 is 2.16 bits per heavy atom.